The lowest BCUT2D eigenvalue weighted by atomic mass is 9.92. The topological polar surface area (TPSA) is 9.23 Å². The molecule has 0 saturated heterocycles. The molecule has 2 rings (SSSR count). The third-order valence-corrected chi connectivity index (χ3v) is 5.99. The molecule has 1 heterocycles. The second-order valence-corrected chi connectivity index (χ2v) is 6.78. The van der Waals surface area contributed by atoms with E-state index in [0.29, 0.717) is 0 Å². The van der Waals surface area contributed by atoms with Crippen LogP contribution in [0.3, 0.4) is 0 Å². The number of rotatable bonds is 3. The molecule has 3 heteroatoms. The number of halogens is 1. The Morgan fingerprint density at radius 2 is 1.63 bits per heavy atom. The Morgan fingerprint density at radius 1 is 1.05 bits per heavy atom. The monoisotopic (exact) mass is 338 g/mol. The van der Waals surface area contributed by atoms with Crippen molar-refractivity contribution in [2.45, 2.75) is 32.5 Å². The van der Waals surface area contributed by atoms with Gasteiger partial charge in [-0.1, -0.05) is 22.0 Å². The molecular weight excluding hydrogens is 320 g/mol. The van der Waals surface area contributed by atoms with Crippen LogP contribution in [0.2, 0.25) is 0 Å². The number of methoxy groups -OCH3 is 1. The highest BCUT2D eigenvalue weighted by atomic mass is 79.9. The molecule has 0 aliphatic rings. The lowest BCUT2D eigenvalue weighted by Gasteiger charge is -2.19. The van der Waals surface area contributed by atoms with Gasteiger partial charge >= 0.3 is 0 Å². The molecule has 0 spiro atoms. The van der Waals surface area contributed by atoms with Crippen LogP contribution in [0.25, 0.3) is 0 Å². The Balaban J connectivity index is 2.52. The highest BCUT2D eigenvalue weighted by Gasteiger charge is 2.19. The normalized spacial score (nSPS) is 12.5. The van der Waals surface area contributed by atoms with Gasteiger partial charge in [0.05, 0.1) is 11.9 Å². The highest BCUT2D eigenvalue weighted by Crippen LogP contribution is 2.41. The highest BCUT2D eigenvalue weighted by molar-refractivity contribution is 9.09. The van der Waals surface area contributed by atoms with Crippen LogP contribution in [-0.4, -0.2) is 7.11 Å². The van der Waals surface area contributed by atoms with Crippen LogP contribution < -0.4 is 4.74 Å². The van der Waals surface area contributed by atoms with Gasteiger partial charge in [0.25, 0.3) is 0 Å². The number of hydrogen-bond donors (Lipinski definition) is 0. The minimum Gasteiger partial charge on any atom is -0.496 e. The van der Waals surface area contributed by atoms with Gasteiger partial charge in [0.2, 0.25) is 0 Å². The minimum atomic E-state index is 0.236. The molecule has 0 aliphatic carbocycles. The van der Waals surface area contributed by atoms with Gasteiger partial charge in [-0.25, -0.2) is 0 Å². The van der Waals surface area contributed by atoms with Crippen LogP contribution in [0.15, 0.2) is 17.5 Å². The number of hydrogen-bond acceptors (Lipinski definition) is 2. The van der Waals surface area contributed by atoms with Gasteiger partial charge in [-0.15, -0.1) is 11.3 Å². The summed E-state index contributed by atoms with van der Waals surface area (Å²) in [6.45, 7) is 8.77. The smallest absolute Gasteiger partial charge is 0.129 e. The first-order valence-electron chi connectivity index (χ1n) is 6.29. The van der Waals surface area contributed by atoms with Crippen molar-refractivity contribution in [1.29, 1.82) is 0 Å². The summed E-state index contributed by atoms with van der Waals surface area (Å²) in [6.07, 6.45) is 0. The van der Waals surface area contributed by atoms with Gasteiger partial charge in [0.1, 0.15) is 5.75 Å². The van der Waals surface area contributed by atoms with E-state index < -0.39 is 0 Å². The summed E-state index contributed by atoms with van der Waals surface area (Å²) in [5.74, 6) is 0.934. The fourth-order valence-corrected chi connectivity index (χ4v) is 4.32. The summed E-state index contributed by atoms with van der Waals surface area (Å²) in [4.78, 5) is 1.52. The zero-order chi connectivity index (χ0) is 14.2. The van der Waals surface area contributed by atoms with Crippen molar-refractivity contribution in [3.63, 3.8) is 0 Å². The van der Waals surface area contributed by atoms with Gasteiger partial charge in [-0.3, -0.25) is 0 Å². The largest absolute Gasteiger partial charge is 0.496 e. The van der Waals surface area contributed by atoms with E-state index in [0.717, 1.165) is 5.75 Å². The Morgan fingerprint density at radius 3 is 2.11 bits per heavy atom. The Kier molecular flexibility index (Phi) is 4.36. The third-order valence-electron chi connectivity index (χ3n) is 3.76. The van der Waals surface area contributed by atoms with Gasteiger partial charge in [-0.05, 0) is 61.6 Å². The standard InChI is InChI=1S/C16H19BrOS/c1-9-6-10(2)12(4)15(11(9)3)16(17)14-7-13(18-5)8-19-14/h6-8,16H,1-5H3. The molecule has 0 N–H and O–H groups in total. The average Bonchev–Trinajstić information content (AvgIpc) is 2.85. The molecule has 0 bridgehead atoms. The van der Waals surface area contributed by atoms with Crippen LogP contribution in [-0.2, 0) is 0 Å². The van der Waals surface area contributed by atoms with E-state index in [1.54, 1.807) is 18.4 Å². The van der Waals surface area contributed by atoms with Gasteiger partial charge in [0.15, 0.2) is 0 Å². The van der Waals surface area contributed by atoms with E-state index in [2.05, 4.69) is 61.1 Å². The third kappa shape index (κ3) is 2.72. The van der Waals surface area contributed by atoms with Crippen LogP contribution in [0.4, 0.5) is 0 Å². The second kappa shape index (κ2) is 5.68. The molecule has 1 nitrogen and oxygen atoms in total. The van der Waals surface area contributed by atoms with Crippen LogP contribution >= 0.6 is 27.3 Å². The molecular formula is C16H19BrOS. The molecule has 0 radical (unpaired) electrons. The Hall–Kier alpha value is -0.800. The molecule has 102 valence electrons. The van der Waals surface area contributed by atoms with Crippen LogP contribution in [0.1, 0.15) is 37.5 Å². The van der Waals surface area contributed by atoms with E-state index in [4.69, 9.17) is 4.74 Å². The molecule has 19 heavy (non-hydrogen) atoms. The van der Waals surface area contributed by atoms with Crippen molar-refractivity contribution in [2.75, 3.05) is 7.11 Å². The summed E-state index contributed by atoms with van der Waals surface area (Å²) < 4.78 is 5.28. The zero-order valence-electron chi connectivity index (χ0n) is 12.0. The maximum Gasteiger partial charge on any atom is 0.129 e. The molecule has 1 unspecified atom stereocenters. The van der Waals surface area contributed by atoms with Crippen molar-refractivity contribution >= 4 is 27.3 Å². The number of alkyl halides is 1. The average molecular weight is 339 g/mol. The quantitative estimate of drug-likeness (QED) is 0.673. The minimum absolute atomic E-state index is 0.236. The molecule has 0 saturated carbocycles. The summed E-state index contributed by atoms with van der Waals surface area (Å²) >= 11 is 5.60. The Bertz CT molecular complexity index is 575. The number of thiophene rings is 1. The molecule has 0 amide bonds. The predicted molar refractivity (Wildman–Crippen MR) is 87.0 cm³/mol. The zero-order valence-corrected chi connectivity index (χ0v) is 14.4. The first kappa shape index (κ1) is 14.6. The van der Waals surface area contributed by atoms with Crippen molar-refractivity contribution in [3.05, 3.63) is 50.2 Å². The molecule has 1 aromatic heterocycles. The van der Waals surface area contributed by atoms with Crippen molar-refractivity contribution in [2.24, 2.45) is 0 Å². The second-order valence-electron chi connectivity index (χ2n) is 4.93. The van der Waals surface area contributed by atoms with E-state index in [-0.39, 0.29) is 4.83 Å². The summed E-state index contributed by atoms with van der Waals surface area (Å²) in [5, 5.41) is 2.05. The Labute approximate surface area is 127 Å². The first-order chi connectivity index (χ1) is 8.95. The molecule has 0 fully saturated rings. The van der Waals surface area contributed by atoms with Gasteiger partial charge < -0.3 is 4.74 Å². The molecule has 1 atom stereocenters. The number of aryl methyl sites for hydroxylation is 2. The van der Waals surface area contributed by atoms with E-state index in [9.17, 15) is 0 Å². The van der Waals surface area contributed by atoms with Crippen LogP contribution in [0.5, 0.6) is 5.75 Å². The molecule has 0 aliphatic heterocycles. The van der Waals surface area contributed by atoms with Crippen molar-refractivity contribution in [1.82, 2.24) is 0 Å². The maximum atomic E-state index is 5.28. The fourth-order valence-electron chi connectivity index (χ4n) is 2.34. The van der Waals surface area contributed by atoms with Crippen LogP contribution in [0, 0.1) is 27.7 Å². The predicted octanol–water partition coefficient (Wildman–Crippen LogP) is 5.47. The molecule has 2 aromatic rings. The van der Waals surface area contributed by atoms with E-state index in [1.165, 1.54) is 32.7 Å². The summed E-state index contributed by atoms with van der Waals surface area (Å²) in [5.41, 5.74) is 6.84. The van der Waals surface area contributed by atoms with Crippen molar-refractivity contribution < 1.29 is 4.74 Å². The maximum absolute atomic E-state index is 5.28. The van der Waals surface area contributed by atoms with Gasteiger partial charge in [0, 0.05) is 10.3 Å². The lowest BCUT2D eigenvalue weighted by Crippen LogP contribution is -2.02. The molecule has 1 aromatic carbocycles. The lowest BCUT2D eigenvalue weighted by molar-refractivity contribution is 0.416. The van der Waals surface area contributed by atoms with Gasteiger partial charge in [-0.2, -0.15) is 0 Å². The number of ether oxygens (including phenoxy) is 1. The van der Waals surface area contributed by atoms with E-state index >= 15 is 0 Å². The SMILES string of the molecule is COc1csc(C(Br)c2c(C)c(C)cc(C)c2C)c1. The summed E-state index contributed by atoms with van der Waals surface area (Å²) in [6, 6.07) is 4.38. The first-order valence-corrected chi connectivity index (χ1v) is 8.09. The van der Waals surface area contributed by atoms with E-state index in [1.807, 2.05) is 0 Å². The van der Waals surface area contributed by atoms with Crippen molar-refractivity contribution in [3.8, 4) is 5.75 Å². The number of benzene rings is 1. The fraction of sp³-hybridized carbons (Fsp3) is 0.375. The summed E-state index contributed by atoms with van der Waals surface area (Å²) in [7, 11) is 1.71.